The summed E-state index contributed by atoms with van der Waals surface area (Å²) in [6.07, 6.45) is 8.51. The molecule has 1 aromatic rings. The Balaban J connectivity index is 1.50. The van der Waals surface area contributed by atoms with Crippen LogP contribution in [0.15, 0.2) is 6.33 Å². The first-order valence-corrected chi connectivity index (χ1v) is 8.45. The third kappa shape index (κ3) is 3.32. The van der Waals surface area contributed by atoms with Gasteiger partial charge in [-0.2, -0.15) is 0 Å². The Kier molecular flexibility index (Phi) is 4.76. The number of rotatable bonds is 4. The number of carbonyl (C=O) groups is 1. The van der Waals surface area contributed by atoms with Gasteiger partial charge in [-0.3, -0.25) is 4.79 Å². The van der Waals surface area contributed by atoms with E-state index < -0.39 is 0 Å². The molecule has 0 unspecified atom stereocenters. The largest absolute Gasteiger partial charge is 0.393 e. The van der Waals surface area contributed by atoms with E-state index in [0.717, 1.165) is 25.1 Å². The quantitative estimate of drug-likeness (QED) is 0.880. The van der Waals surface area contributed by atoms with Crippen molar-refractivity contribution in [1.29, 1.82) is 0 Å². The molecule has 1 heterocycles. The molecule has 6 heteroatoms. The van der Waals surface area contributed by atoms with Crippen molar-refractivity contribution >= 4 is 5.91 Å². The molecular weight excluding hydrogens is 280 g/mol. The molecule has 3 atom stereocenters. The monoisotopic (exact) mass is 306 g/mol. The number of hydrogen-bond acceptors (Lipinski definition) is 4. The fraction of sp³-hybridized carbons (Fsp3) is 0.812. The molecule has 0 aliphatic heterocycles. The van der Waals surface area contributed by atoms with Crippen LogP contribution in [-0.4, -0.2) is 38.4 Å². The van der Waals surface area contributed by atoms with Crippen molar-refractivity contribution in [2.45, 2.75) is 57.0 Å². The summed E-state index contributed by atoms with van der Waals surface area (Å²) in [6, 6.07) is 0. The first kappa shape index (κ1) is 15.5. The summed E-state index contributed by atoms with van der Waals surface area (Å²) in [5, 5.41) is 21.4. The number of amides is 1. The molecule has 0 radical (unpaired) electrons. The number of aliphatic hydroxyl groups excluding tert-OH is 1. The van der Waals surface area contributed by atoms with Crippen LogP contribution in [0.2, 0.25) is 0 Å². The predicted octanol–water partition coefficient (Wildman–Crippen LogP) is 1.37. The Hall–Kier alpha value is -1.43. The lowest BCUT2D eigenvalue weighted by molar-refractivity contribution is -0.126. The van der Waals surface area contributed by atoms with Gasteiger partial charge in [0, 0.05) is 31.3 Å². The van der Waals surface area contributed by atoms with Gasteiger partial charge < -0.3 is 15.0 Å². The van der Waals surface area contributed by atoms with E-state index in [9.17, 15) is 9.90 Å². The van der Waals surface area contributed by atoms with E-state index in [0.29, 0.717) is 13.0 Å². The molecule has 0 spiro atoms. The minimum Gasteiger partial charge on any atom is -0.393 e. The molecule has 22 heavy (non-hydrogen) atoms. The highest BCUT2D eigenvalue weighted by Gasteiger charge is 2.36. The Morgan fingerprint density at radius 1 is 1.36 bits per heavy atom. The van der Waals surface area contributed by atoms with E-state index in [1.807, 2.05) is 11.6 Å². The molecule has 1 aromatic heterocycles. The number of aromatic nitrogens is 3. The number of hydrogen-bond donors (Lipinski definition) is 2. The summed E-state index contributed by atoms with van der Waals surface area (Å²) in [5.74, 6) is 1.64. The van der Waals surface area contributed by atoms with Gasteiger partial charge in [-0.25, -0.2) is 0 Å². The van der Waals surface area contributed by atoms with E-state index in [4.69, 9.17) is 0 Å². The lowest BCUT2D eigenvalue weighted by Crippen LogP contribution is -2.37. The van der Waals surface area contributed by atoms with Crippen LogP contribution in [0.5, 0.6) is 0 Å². The highest BCUT2D eigenvalue weighted by Crippen LogP contribution is 2.37. The fourth-order valence-electron chi connectivity index (χ4n) is 3.94. The molecule has 2 aliphatic rings. The number of aliphatic hydroxyl groups is 1. The number of carbonyl (C=O) groups excluding carboxylic acids is 1. The van der Waals surface area contributed by atoms with Gasteiger partial charge in [-0.05, 0) is 25.7 Å². The van der Waals surface area contributed by atoms with Crippen molar-refractivity contribution in [1.82, 2.24) is 20.1 Å². The van der Waals surface area contributed by atoms with Crippen LogP contribution >= 0.6 is 0 Å². The normalized spacial score (nSPS) is 29.6. The maximum absolute atomic E-state index is 12.2. The minimum atomic E-state index is -0.367. The van der Waals surface area contributed by atoms with Gasteiger partial charge >= 0.3 is 0 Å². The topological polar surface area (TPSA) is 80.0 Å². The van der Waals surface area contributed by atoms with E-state index in [2.05, 4.69) is 15.5 Å². The number of aryl methyl sites for hydroxylation is 1. The number of nitrogens with zero attached hydrogens (tertiary/aromatic N) is 3. The molecule has 2 aliphatic carbocycles. The zero-order valence-electron chi connectivity index (χ0n) is 13.2. The second kappa shape index (κ2) is 6.77. The van der Waals surface area contributed by atoms with Gasteiger partial charge in [-0.15, -0.1) is 10.2 Å². The lowest BCUT2D eigenvalue weighted by atomic mass is 9.88. The molecule has 3 rings (SSSR count). The van der Waals surface area contributed by atoms with Crippen molar-refractivity contribution in [3.8, 4) is 0 Å². The molecule has 1 amide bonds. The summed E-state index contributed by atoms with van der Waals surface area (Å²) in [5.41, 5.74) is 0. The van der Waals surface area contributed by atoms with Gasteiger partial charge in [-0.1, -0.05) is 19.3 Å². The number of nitrogens with one attached hydrogen (secondary N) is 1. The maximum atomic E-state index is 12.2. The molecule has 0 saturated heterocycles. The van der Waals surface area contributed by atoms with E-state index in [1.54, 1.807) is 6.33 Å². The van der Waals surface area contributed by atoms with Gasteiger partial charge in [0.05, 0.1) is 6.10 Å². The van der Waals surface area contributed by atoms with E-state index in [-0.39, 0.29) is 29.8 Å². The maximum Gasteiger partial charge on any atom is 0.223 e. The minimum absolute atomic E-state index is 0.120. The Morgan fingerprint density at radius 2 is 2.14 bits per heavy atom. The van der Waals surface area contributed by atoms with Crippen LogP contribution in [0.25, 0.3) is 0 Å². The van der Waals surface area contributed by atoms with Crippen LogP contribution in [0.1, 0.15) is 56.7 Å². The van der Waals surface area contributed by atoms with Crippen molar-refractivity contribution in [2.75, 3.05) is 6.54 Å². The zero-order valence-corrected chi connectivity index (χ0v) is 13.2. The van der Waals surface area contributed by atoms with Crippen molar-refractivity contribution < 1.29 is 9.90 Å². The van der Waals surface area contributed by atoms with Gasteiger partial charge in [0.15, 0.2) is 0 Å². The molecule has 6 nitrogen and oxygen atoms in total. The predicted molar refractivity (Wildman–Crippen MR) is 82.1 cm³/mol. The zero-order chi connectivity index (χ0) is 15.5. The third-order valence-electron chi connectivity index (χ3n) is 5.28. The SMILES string of the molecule is Cn1cnnc1[C@H]1C[C@H](CNC(=O)C2CCCCC2)[C@H](O)C1. The second-order valence-corrected chi connectivity index (χ2v) is 6.88. The summed E-state index contributed by atoms with van der Waals surface area (Å²) < 4.78 is 1.92. The molecular formula is C16H26N4O2. The van der Waals surface area contributed by atoms with Crippen molar-refractivity contribution in [2.24, 2.45) is 18.9 Å². The highest BCUT2D eigenvalue weighted by atomic mass is 16.3. The van der Waals surface area contributed by atoms with Crippen LogP contribution in [0, 0.1) is 11.8 Å². The average Bonchev–Trinajstić information content (AvgIpc) is 3.11. The second-order valence-electron chi connectivity index (χ2n) is 6.88. The first-order chi connectivity index (χ1) is 10.6. The van der Waals surface area contributed by atoms with Gasteiger partial charge in [0.2, 0.25) is 5.91 Å². The highest BCUT2D eigenvalue weighted by molar-refractivity contribution is 5.78. The van der Waals surface area contributed by atoms with Crippen LogP contribution in [0.4, 0.5) is 0 Å². The van der Waals surface area contributed by atoms with Crippen molar-refractivity contribution in [3.63, 3.8) is 0 Å². The summed E-state index contributed by atoms with van der Waals surface area (Å²) in [7, 11) is 1.93. The molecule has 0 bridgehead atoms. The molecule has 0 aromatic carbocycles. The molecule has 2 N–H and O–H groups in total. The summed E-state index contributed by atoms with van der Waals surface area (Å²) in [4.78, 5) is 12.2. The van der Waals surface area contributed by atoms with Gasteiger partial charge in [0.25, 0.3) is 0 Å². The summed E-state index contributed by atoms with van der Waals surface area (Å²) >= 11 is 0. The van der Waals surface area contributed by atoms with Gasteiger partial charge in [0.1, 0.15) is 12.2 Å². The Labute approximate surface area is 131 Å². The Morgan fingerprint density at radius 3 is 2.82 bits per heavy atom. The summed E-state index contributed by atoms with van der Waals surface area (Å²) in [6.45, 7) is 0.574. The fourth-order valence-corrected chi connectivity index (χ4v) is 3.94. The third-order valence-corrected chi connectivity index (χ3v) is 5.28. The molecule has 2 fully saturated rings. The Bertz CT molecular complexity index is 510. The van der Waals surface area contributed by atoms with E-state index in [1.165, 1.54) is 19.3 Å². The van der Waals surface area contributed by atoms with Crippen LogP contribution in [0.3, 0.4) is 0 Å². The van der Waals surface area contributed by atoms with E-state index >= 15 is 0 Å². The lowest BCUT2D eigenvalue weighted by Gasteiger charge is -2.22. The van der Waals surface area contributed by atoms with Crippen LogP contribution in [-0.2, 0) is 11.8 Å². The first-order valence-electron chi connectivity index (χ1n) is 8.45. The smallest absolute Gasteiger partial charge is 0.223 e. The molecule has 2 saturated carbocycles. The molecule has 122 valence electrons. The van der Waals surface area contributed by atoms with Crippen LogP contribution < -0.4 is 5.32 Å². The van der Waals surface area contributed by atoms with Crippen molar-refractivity contribution in [3.05, 3.63) is 12.2 Å². The standard InChI is InChI=1S/C16H26N4O2/c1-20-10-18-19-15(20)12-7-13(14(21)8-12)9-17-16(22)11-5-3-2-4-6-11/h10-14,21H,2-9H2,1H3,(H,17,22)/t12-,13+,14+/m0/s1. The average molecular weight is 306 g/mol.